The minimum Gasteiger partial charge on any atom is -0.487 e. The number of nitrogens with two attached hydrogens (primary N) is 1. The summed E-state index contributed by atoms with van der Waals surface area (Å²) in [5.41, 5.74) is 6.17. The molecule has 110 valence electrons. The maximum absolute atomic E-state index is 11.9. The van der Waals surface area contributed by atoms with E-state index in [0.29, 0.717) is 17.1 Å². The van der Waals surface area contributed by atoms with Crippen LogP contribution in [0.3, 0.4) is 0 Å². The molecule has 0 aliphatic carbocycles. The van der Waals surface area contributed by atoms with Gasteiger partial charge in [0.1, 0.15) is 18.8 Å². The van der Waals surface area contributed by atoms with Crippen molar-refractivity contribution in [3.63, 3.8) is 0 Å². The Hall–Kier alpha value is -1.73. The van der Waals surface area contributed by atoms with Crippen molar-refractivity contribution in [2.45, 2.75) is 12.7 Å². The molecule has 0 spiro atoms. The third-order valence-corrected chi connectivity index (χ3v) is 2.54. The Labute approximate surface area is 113 Å². The SMILES string of the molecule is NCc1oc2ccccc2c1OCCOCC(F)(F)F. The zero-order valence-corrected chi connectivity index (χ0v) is 10.6. The van der Waals surface area contributed by atoms with Gasteiger partial charge in [-0.15, -0.1) is 0 Å². The van der Waals surface area contributed by atoms with Gasteiger partial charge in [0.25, 0.3) is 0 Å². The summed E-state index contributed by atoms with van der Waals surface area (Å²) < 4.78 is 51.0. The van der Waals surface area contributed by atoms with Crippen LogP contribution >= 0.6 is 0 Å². The summed E-state index contributed by atoms with van der Waals surface area (Å²) in [5, 5.41) is 0.740. The Morgan fingerprint density at radius 2 is 1.90 bits per heavy atom. The molecular weight excluding hydrogens is 275 g/mol. The lowest BCUT2D eigenvalue weighted by Gasteiger charge is -2.09. The molecule has 4 nitrogen and oxygen atoms in total. The predicted octanol–water partition coefficient (Wildman–Crippen LogP) is 2.85. The van der Waals surface area contributed by atoms with Crippen molar-refractivity contribution < 1.29 is 27.1 Å². The highest BCUT2D eigenvalue weighted by atomic mass is 19.4. The van der Waals surface area contributed by atoms with Crippen LogP contribution < -0.4 is 10.5 Å². The number of alkyl halides is 3. The molecule has 0 radical (unpaired) electrons. The molecule has 20 heavy (non-hydrogen) atoms. The zero-order valence-electron chi connectivity index (χ0n) is 10.6. The van der Waals surface area contributed by atoms with Crippen LogP contribution in [0.1, 0.15) is 5.76 Å². The van der Waals surface area contributed by atoms with Crippen molar-refractivity contribution in [1.29, 1.82) is 0 Å². The molecule has 2 rings (SSSR count). The van der Waals surface area contributed by atoms with Crippen molar-refractivity contribution in [3.05, 3.63) is 30.0 Å². The van der Waals surface area contributed by atoms with Gasteiger partial charge in [-0.1, -0.05) is 12.1 Å². The van der Waals surface area contributed by atoms with Gasteiger partial charge in [-0.3, -0.25) is 0 Å². The molecule has 1 heterocycles. The normalized spacial score (nSPS) is 12.0. The lowest BCUT2D eigenvalue weighted by molar-refractivity contribution is -0.175. The highest BCUT2D eigenvalue weighted by molar-refractivity contribution is 5.85. The van der Waals surface area contributed by atoms with Crippen molar-refractivity contribution in [2.24, 2.45) is 5.73 Å². The Bertz CT molecular complexity index is 565. The van der Waals surface area contributed by atoms with Crippen LogP contribution in [0.15, 0.2) is 28.7 Å². The van der Waals surface area contributed by atoms with Crippen LogP contribution in [0.2, 0.25) is 0 Å². The molecule has 0 saturated carbocycles. The highest BCUT2D eigenvalue weighted by Gasteiger charge is 2.27. The van der Waals surface area contributed by atoms with Gasteiger partial charge < -0.3 is 19.6 Å². The highest BCUT2D eigenvalue weighted by Crippen LogP contribution is 2.32. The number of hydrogen-bond acceptors (Lipinski definition) is 4. The summed E-state index contributed by atoms with van der Waals surface area (Å²) in [6.07, 6.45) is -4.33. The molecule has 0 aliphatic heterocycles. The Kier molecular flexibility index (Phi) is 4.51. The number of ether oxygens (including phenoxy) is 2. The fourth-order valence-corrected chi connectivity index (χ4v) is 1.76. The number of halogens is 3. The molecule has 0 bridgehead atoms. The van der Waals surface area contributed by atoms with Gasteiger partial charge in [-0.2, -0.15) is 13.2 Å². The first-order chi connectivity index (χ1) is 9.51. The number of rotatable bonds is 6. The van der Waals surface area contributed by atoms with Crippen molar-refractivity contribution in [1.82, 2.24) is 0 Å². The molecule has 0 atom stereocenters. The molecule has 1 aromatic carbocycles. The topological polar surface area (TPSA) is 57.6 Å². The minimum atomic E-state index is -4.33. The molecule has 1 aromatic heterocycles. The maximum Gasteiger partial charge on any atom is 0.411 e. The monoisotopic (exact) mass is 289 g/mol. The predicted molar refractivity (Wildman–Crippen MR) is 66.5 cm³/mol. The molecule has 0 aliphatic rings. The maximum atomic E-state index is 11.9. The molecular formula is C13H14F3NO3. The average molecular weight is 289 g/mol. The quantitative estimate of drug-likeness (QED) is 0.831. The van der Waals surface area contributed by atoms with Gasteiger partial charge in [-0.25, -0.2) is 0 Å². The van der Waals surface area contributed by atoms with Crippen LogP contribution in [0.4, 0.5) is 13.2 Å². The summed E-state index contributed by atoms with van der Waals surface area (Å²) in [6, 6.07) is 7.18. The van der Waals surface area contributed by atoms with Gasteiger partial charge in [0.2, 0.25) is 0 Å². The first-order valence-electron chi connectivity index (χ1n) is 5.99. The molecule has 0 fully saturated rings. The standard InChI is InChI=1S/C13H14F3NO3/c14-13(15,16)8-18-5-6-19-12-9-3-1-2-4-10(9)20-11(12)7-17/h1-4H,5-8,17H2. The lowest BCUT2D eigenvalue weighted by Crippen LogP contribution is -2.19. The number of para-hydroxylation sites is 1. The van der Waals surface area contributed by atoms with Gasteiger partial charge in [0, 0.05) is 0 Å². The van der Waals surface area contributed by atoms with Gasteiger partial charge >= 0.3 is 6.18 Å². The second-order valence-electron chi connectivity index (χ2n) is 4.07. The van der Waals surface area contributed by atoms with Crippen LogP contribution in [0.25, 0.3) is 11.0 Å². The second-order valence-corrected chi connectivity index (χ2v) is 4.07. The summed E-state index contributed by atoms with van der Waals surface area (Å²) in [5.74, 6) is 0.917. The molecule has 0 amide bonds. The van der Waals surface area contributed by atoms with Crippen molar-refractivity contribution in [2.75, 3.05) is 19.8 Å². The number of fused-ring (bicyclic) bond motifs is 1. The van der Waals surface area contributed by atoms with Crippen LogP contribution in [0, 0.1) is 0 Å². The fraction of sp³-hybridized carbons (Fsp3) is 0.385. The average Bonchev–Trinajstić information content (AvgIpc) is 2.75. The van der Waals surface area contributed by atoms with E-state index in [2.05, 4.69) is 4.74 Å². The lowest BCUT2D eigenvalue weighted by atomic mass is 10.2. The van der Waals surface area contributed by atoms with Gasteiger partial charge in [0.15, 0.2) is 11.5 Å². The van der Waals surface area contributed by atoms with E-state index in [-0.39, 0.29) is 19.8 Å². The molecule has 0 saturated heterocycles. The Morgan fingerprint density at radius 3 is 2.60 bits per heavy atom. The second kappa shape index (κ2) is 6.15. The summed E-state index contributed by atoms with van der Waals surface area (Å²) >= 11 is 0. The van der Waals surface area contributed by atoms with Crippen LogP contribution in [0.5, 0.6) is 5.75 Å². The van der Waals surface area contributed by atoms with Crippen molar-refractivity contribution in [3.8, 4) is 5.75 Å². The third-order valence-electron chi connectivity index (χ3n) is 2.54. The zero-order chi connectivity index (χ0) is 14.6. The fourth-order valence-electron chi connectivity index (χ4n) is 1.76. The van der Waals surface area contributed by atoms with Crippen molar-refractivity contribution >= 4 is 11.0 Å². The summed E-state index contributed by atoms with van der Waals surface area (Å²) in [7, 11) is 0. The van der Waals surface area contributed by atoms with E-state index in [1.54, 1.807) is 12.1 Å². The van der Waals surface area contributed by atoms with E-state index in [1.165, 1.54) is 0 Å². The Morgan fingerprint density at radius 1 is 1.15 bits per heavy atom. The van der Waals surface area contributed by atoms with E-state index in [0.717, 1.165) is 5.39 Å². The third kappa shape index (κ3) is 3.64. The van der Waals surface area contributed by atoms with E-state index in [9.17, 15) is 13.2 Å². The van der Waals surface area contributed by atoms with E-state index in [1.807, 2.05) is 12.1 Å². The first kappa shape index (κ1) is 14.7. The molecule has 2 aromatic rings. The van der Waals surface area contributed by atoms with Gasteiger partial charge in [0.05, 0.1) is 18.5 Å². The summed E-state index contributed by atoms with van der Waals surface area (Å²) in [6.45, 7) is -1.31. The molecule has 2 N–H and O–H groups in total. The number of benzene rings is 1. The van der Waals surface area contributed by atoms with Crippen LogP contribution in [-0.2, 0) is 11.3 Å². The smallest absolute Gasteiger partial charge is 0.411 e. The van der Waals surface area contributed by atoms with Gasteiger partial charge in [-0.05, 0) is 12.1 Å². The van der Waals surface area contributed by atoms with Crippen LogP contribution in [-0.4, -0.2) is 26.0 Å². The molecule has 7 heteroatoms. The van der Waals surface area contributed by atoms with E-state index in [4.69, 9.17) is 14.9 Å². The number of furan rings is 1. The summed E-state index contributed by atoms with van der Waals surface area (Å²) in [4.78, 5) is 0. The van der Waals surface area contributed by atoms with E-state index >= 15 is 0 Å². The largest absolute Gasteiger partial charge is 0.487 e. The first-order valence-corrected chi connectivity index (χ1v) is 5.99. The molecule has 0 unspecified atom stereocenters. The van der Waals surface area contributed by atoms with E-state index < -0.39 is 12.8 Å². The minimum absolute atomic E-state index is 0.00733. The Balaban J connectivity index is 1.95. The number of hydrogen-bond donors (Lipinski definition) is 1.